The monoisotopic (exact) mass is 391 g/mol. The van der Waals surface area contributed by atoms with Gasteiger partial charge in [-0.2, -0.15) is 0 Å². The molecule has 0 saturated heterocycles. The van der Waals surface area contributed by atoms with Crippen molar-refractivity contribution in [2.75, 3.05) is 0 Å². The molecular weight excluding hydrogens is 373 g/mol. The quantitative estimate of drug-likeness (QED) is 0.756. The summed E-state index contributed by atoms with van der Waals surface area (Å²) in [5.74, 6) is 0.475. The normalized spacial score (nSPS) is 20.7. The first kappa shape index (κ1) is 14.6. The molecule has 0 aliphatic heterocycles. The lowest BCUT2D eigenvalue weighted by Gasteiger charge is -2.32. The average molecular weight is 391 g/mol. The van der Waals surface area contributed by atoms with Crippen molar-refractivity contribution in [3.8, 4) is 0 Å². The standard InChI is InChI=1S/C18H18INO/c1-12(21)20-18-10-9-15(13-5-4-6-14(19)11-13)16-7-2-3-8-17(16)18/h2-8,11,15,18H,9-10H2,1H3,(H,20,21)/t15-,18?/m1/s1. The average Bonchev–Trinajstić information content (AvgIpc) is 2.47. The van der Waals surface area contributed by atoms with Gasteiger partial charge in [0.25, 0.3) is 0 Å². The van der Waals surface area contributed by atoms with Crippen LogP contribution in [0.25, 0.3) is 0 Å². The van der Waals surface area contributed by atoms with Gasteiger partial charge in [-0.05, 0) is 64.3 Å². The number of carbonyl (C=O) groups excluding carboxylic acids is 1. The molecule has 0 heterocycles. The zero-order chi connectivity index (χ0) is 14.8. The van der Waals surface area contributed by atoms with Crippen LogP contribution in [0.2, 0.25) is 0 Å². The summed E-state index contributed by atoms with van der Waals surface area (Å²) in [7, 11) is 0. The zero-order valence-electron chi connectivity index (χ0n) is 12.0. The molecule has 0 bridgehead atoms. The van der Waals surface area contributed by atoms with Crippen LogP contribution in [0.1, 0.15) is 48.4 Å². The van der Waals surface area contributed by atoms with Crippen molar-refractivity contribution in [1.82, 2.24) is 5.32 Å². The molecule has 2 atom stereocenters. The number of amides is 1. The molecular formula is C18H18INO. The van der Waals surface area contributed by atoms with Gasteiger partial charge in [-0.25, -0.2) is 0 Å². The molecule has 0 aromatic heterocycles. The Morgan fingerprint density at radius 1 is 1.10 bits per heavy atom. The fourth-order valence-corrected chi connectivity index (χ4v) is 3.82. The van der Waals surface area contributed by atoms with E-state index >= 15 is 0 Å². The minimum Gasteiger partial charge on any atom is -0.350 e. The molecule has 1 amide bonds. The minimum atomic E-state index is 0.0440. The van der Waals surface area contributed by atoms with Crippen molar-refractivity contribution in [3.05, 3.63) is 68.8 Å². The van der Waals surface area contributed by atoms with Gasteiger partial charge in [-0.1, -0.05) is 36.4 Å². The van der Waals surface area contributed by atoms with Gasteiger partial charge in [0.05, 0.1) is 6.04 Å². The van der Waals surface area contributed by atoms with Gasteiger partial charge in [0.15, 0.2) is 0 Å². The van der Waals surface area contributed by atoms with Crippen LogP contribution in [0.5, 0.6) is 0 Å². The fourth-order valence-electron chi connectivity index (χ4n) is 3.25. The first-order valence-corrected chi connectivity index (χ1v) is 8.34. The number of hydrogen-bond acceptors (Lipinski definition) is 1. The van der Waals surface area contributed by atoms with E-state index in [0.29, 0.717) is 5.92 Å². The number of halogens is 1. The smallest absolute Gasteiger partial charge is 0.217 e. The highest BCUT2D eigenvalue weighted by molar-refractivity contribution is 14.1. The van der Waals surface area contributed by atoms with E-state index in [2.05, 4.69) is 76.4 Å². The van der Waals surface area contributed by atoms with Gasteiger partial charge < -0.3 is 5.32 Å². The molecule has 2 nitrogen and oxygen atoms in total. The van der Waals surface area contributed by atoms with Crippen molar-refractivity contribution in [1.29, 1.82) is 0 Å². The molecule has 0 saturated carbocycles. The summed E-state index contributed by atoms with van der Waals surface area (Å²) in [6.45, 7) is 1.59. The summed E-state index contributed by atoms with van der Waals surface area (Å²) in [5.41, 5.74) is 3.99. The van der Waals surface area contributed by atoms with E-state index in [9.17, 15) is 4.79 Å². The van der Waals surface area contributed by atoms with Crippen LogP contribution in [-0.2, 0) is 4.79 Å². The first-order valence-electron chi connectivity index (χ1n) is 7.26. The Labute approximate surface area is 139 Å². The second-order valence-corrected chi connectivity index (χ2v) is 6.81. The summed E-state index contributed by atoms with van der Waals surface area (Å²) < 4.78 is 1.27. The lowest BCUT2D eigenvalue weighted by Crippen LogP contribution is -2.30. The highest BCUT2D eigenvalue weighted by atomic mass is 127. The Kier molecular flexibility index (Phi) is 4.29. The predicted molar refractivity (Wildman–Crippen MR) is 93.2 cm³/mol. The van der Waals surface area contributed by atoms with E-state index in [4.69, 9.17) is 0 Å². The molecule has 3 rings (SSSR count). The van der Waals surface area contributed by atoms with Crippen LogP contribution in [0.3, 0.4) is 0 Å². The Balaban J connectivity index is 2.00. The molecule has 0 fully saturated rings. The topological polar surface area (TPSA) is 29.1 Å². The predicted octanol–water partition coefficient (Wildman–Crippen LogP) is 4.39. The molecule has 1 aliphatic rings. The van der Waals surface area contributed by atoms with Crippen LogP contribution in [0.15, 0.2) is 48.5 Å². The number of nitrogens with one attached hydrogen (secondary N) is 1. The van der Waals surface area contributed by atoms with E-state index in [1.54, 1.807) is 6.92 Å². The highest BCUT2D eigenvalue weighted by Gasteiger charge is 2.28. The Bertz CT molecular complexity index is 668. The zero-order valence-corrected chi connectivity index (χ0v) is 14.1. The number of rotatable bonds is 2. The van der Waals surface area contributed by atoms with Crippen LogP contribution < -0.4 is 5.32 Å². The van der Waals surface area contributed by atoms with Gasteiger partial charge in [-0.15, -0.1) is 0 Å². The van der Waals surface area contributed by atoms with Crippen molar-refractivity contribution in [3.63, 3.8) is 0 Å². The molecule has 1 N–H and O–H groups in total. The maximum absolute atomic E-state index is 11.4. The van der Waals surface area contributed by atoms with E-state index in [1.807, 2.05) is 0 Å². The molecule has 2 aromatic rings. The second kappa shape index (κ2) is 6.18. The SMILES string of the molecule is CC(=O)NC1CC[C@H](c2cccc(I)c2)c2ccccc21. The van der Waals surface area contributed by atoms with Crippen LogP contribution in [0, 0.1) is 3.57 Å². The lowest BCUT2D eigenvalue weighted by atomic mass is 9.77. The van der Waals surface area contributed by atoms with Crippen molar-refractivity contribution >= 4 is 28.5 Å². The summed E-state index contributed by atoms with van der Waals surface area (Å²) in [6.07, 6.45) is 2.06. The Morgan fingerprint density at radius 2 is 1.86 bits per heavy atom. The van der Waals surface area contributed by atoms with E-state index < -0.39 is 0 Å². The molecule has 21 heavy (non-hydrogen) atoms. The summed E-state index contributed by atoms with van der Waals surface area (Å²) in [6, 6.07) is 17.4. The third kappa shape index (κ3) is 3.12. The van der Waals surface area contributed by atoms with Crippen LogP contribution in [-0.4, -0.2) is 5.91 Å². The van der Waals surface area contributed by atoms with Crippen molar-refractivity contribution in [2.24, 2.45) is 0 Å². The first-order chi connectivity index (χ1) is 10.1. The van der Waals surface area contributed by atoms with Crippen LogP contribution in [0.4, 0.5) is 0 Å². The van der Waals surface area contributed by atoms with Gasteiger partial charge in [0.2, 0.25) is 5.91 Å². The third-order valence-corrected chi connectivity index (χ3v) is 4.79. The maximum atomic E-state index is 11.4. The molecule has 1 aliphatic carbocycles. The summed E-state index contributed by atoms with van der Waals surface area (Å²) in [5, 5.41) is 3.08. The lowest BCUT2D eigenvalue weighted by molar-refractivity contribution is -0.119. The number of benzene rings is 2. The van der Waals surface area contributed by atoms with Gasteiger partial charge in [0, 0.05) is 16.4 Å². The molecule has 0 radical (unpaired) electrons. The second-order valence-electron chi connectivity index (χ2n) is 5.57. The summed E-state index contributed by atoms with van der Waals surface area (Å²) in [4.78, 5) is 11.4. The van der Waals surface area contributed by atoms with E-state index in [1.165, 1.54) is 20.3 Å². The molecule has 108 valence electrons. The van der Waals surface area contributed by atoms with Gasteiger partial charge in [-0.3, -0.25) is 4.79 Å². The number of fused-ring (bicyclic) bond motifs is 1. The Morgan fingerprint density at radius 3 is 2.57 bits per heavy atom. The minimum absolute atomic E-state index is 0.0440. The highest BCUT2D eigenvalue weighted by Crippen LogP contribution is 2.41. The van der Waals surface area contributed by atoms with Crippen LogP contribution >= 0.6 is 22.6 Å². The largest absolute Gasteiger partial charge is 0.350 e. The molecule has 1 unspecified atom stereocenters. The summed E-state index contributed by atoms with van der Waals surface area (Å²) >= 11 is 2.36. The Hall–Kier alpha value is -1.36. The van der Waals surface area contributed by atoms with Gasteiger partial charge >= 0.3 is 0 Å². The van der Waals surface area contributed by atoms with E-state index in [0.717, 1.165) is 12.8 Å². The third-order valence-electron chi connectivity index (χ3n) is 4.12. The van der Waals surface area contributed by atoms with Gasteiger partial charge in [0.1, 0.15) is 0 Å². The molecule has 0 spiro atoms. The van der Waals surface area contributed by atoms with Crippen molar-refractivity contribution < 1.29 is 4.79 Å². The van der Waals surface area contributed by atoms with Crippen molar-refractivity contribution in [2.45, 2.75) is 31.7 Å². The number of hydrogen-bond donors (Lipinski definition) is 1. The number of carbonyl (C=O) groups is 1. The fraction of sp³-hybridized carbons (Fsp3) is 0.278. The molecule has 3 heteroatoms. The molecule has 2 aromatic carbocycles. The maximum Gasteiger partial charge on any atom is 0.217 e. The van der Waals surface area contributed by atoms with E-state index in [-0.39, 0.29) is 11.9 Å².